The first kappa shape index (κ1) is 19.7. The van der Waals surface area contributed by atoms with Crippen LogP contribution in [0.3, 0.4) is 0 Å². The molecule has 3 N–H and O–H groups in total. The number of halogens is 1. The van der Waals surface area contributed by atoms with E-state index in [1.54, 1.807) is 13.8 Å². The molecule has 0 heterocycles. The van der Waals surface area contributed by atoms with Gasteiger partial charge in [0.15, 0.2) is 5.78 Å². The van der Waals surface area contributed by atoms with Crippen LogP contribution < -0.4 is 0 Å². The third kappa shape index (κ3) is 2.07. The highest BCUT2D eigenvalue weighted by molar-refractivity contribution is 6.36. The van der Waals surface area contributed by atoms with Gasteiger partial charge in [-0.05, 0) is 50.5 Å². The number of ketones is 2. The van der Waals surface area contributed by atoms with Gasteiger partial charge in [0.05, 0.1) is 6.10 Å². The number of hydrogen-bond acceptors (Lipinski definition) is 5. The van der Waals surface area contributed by atoms with Crippen molar-refractivity contribution in [3.05, 3.63) is 11.6 Å². The highest BCUT2D eigenvalue weighted by atomic mass is 19.1. The Morgan fingerprint density at radius 1 is 1.14 bits per heavy atom. The van der Waals surface area contributed by atoms with Crippen LogP contribution in [0.4, 0.5) is 4.39 Å². The van der Waals surface area contributed by atoms with Gasteiger partial charge in [-0.1, -0.05) is 19.4 Å². The normalized spacial score (nSPS) is 50.2. The summed E-state index contributed by atoms with van der Waals surface area (Å²) in [5, 5.41) is 31.3. The SMILES string of the molecule is C[C@]12CCC(=O)C=C1CC[C@H]1[C@@H]3CC[C@](O)(C(=O)C(=O)O)[C@@]3(C)C[C@H](O)[C@@]12F. The van der Waals surface area contributed by atoms with E-state index in [-0.39, 0.29) is 25.0 Å². The molecule has 4 aliphatic rings. The van der Waals surface area contributed by atoms with Crippen LogP contribution >= 0.6 is 0 Å². The van der Waals surface area contributed by atoms with E-state index in [0.717, 1.165) is 5.57 Å². The minimum absolute atomic E-state index is 0.0213. The van der Waals surface area contributed by atoms with E-state index in [1.807, 2.05) is 0 Å². The molecule has 0 aromatic rings. The highest BCUT2D eigenvalue weighted by Crippen LogP contribution is 2.70. The quantitative estimate of drug-likeness (QED) is 0.618. The van der Waals surface area contributed by atoms with Crippen molar-refractivity contribution in [1.29, 1.82) is 0 Å². The number of carboxylic acids is 1. The lowest BCUT2D eigenvalue weighted by atomic mass is 9.44. The van der Waals surface area contributed by atoms with Gasteiger partial charge in [0.25, 0.3) is 5.78 Å². The molecule has 6 nitrogen and oxygen atoms in total. The average Bonchev–Trinajstić information content (AvgIpc) is 2.88. The maximum atomic E-state index is 16.8. The summed E-state index contributed by atoms with van der Waals surface area (Å²) in [6.07, 6.45) is 1.67. The van der Waals surface area contributed by atoms with Crippen molar-refractivity contribution < 1.29 is 34.1 Å². The number of aliphatic carboxylic acids is 1. The topological polar surface area (TPSA) is 112 Å². The summed E-state index contributed by atoms with van der Waals surface area (Å²) < 4.78 is 16.8. The van der Waals surface area contributed by atoms with Crippen molar-refractivity contribution in [3.63, 3.8) is 0 Å². The third-order valence-electron chi connectivity index (χ3n) is 8.76. The van der Waals surface area contributed by atoms with Gasteiger partial charge >= 0.3 is 5.97 Å². The van der Waals surface area contributed by atoms with Gasteiger partial charge in [0.2, 0.25) is 0 Å². The fourth-order valence-electron chi connectivity index (χ4n) is 7.12. The van der Waals surface area contributed by atoms with Crippen molar-refractivity contribution >= 4 is 17.5 Å². The van der Waals surface area contributed by atoms with Gasteiger partial charge in [-0.3, -0.25) is 9.59 Å². The lowest BCUT2D eigenvalue weighted by molar-refractivity contribution is -0.226. The van der Waals surface area contributed by atoms with Crippen molar-refractivity contribution in [2.75, 3.05) is 0 Å². The van der Waals surface area contributed by atoms with E-state index in [1.165, 1.54) is 6.08 Å². The van der Waals surface area contributed by atoms with Crippen molar-refractivity contribution in [1.82, 2.24) is 0 Å². The summed E-state index contributed by atoms with van der Waals surface area (Å²) in [7, 11) is 0. The summed E-state index contributed by atoms with van der Waals surface area (Å²) in [5.41, 5.74) is -5.52. The number of carbonyl (C=O) groups is 3. The predicted octanol–water partition coefficient (Wildman–Crippen LogP) is 1.97. The summed E-state index contributed by atoms with van der Waals surface area (Å²) in [6, 6.07) is 0. The summed E-state index contributed by atoms with van der Waals surface area (Å²) >= 11 is 0. The maximum Gasteiger partial charge on any atom is 0.375 e. The van der Waals surface area contributed by atoms with Crippen LogP contribution in [0, 0.1) is 22.7 Å². The monoisotopic (exact) mass is 394 g/mol. The van der Waals surface area contributed by atoms with Gasteiger partial charge in [0, 0.05) is 23.2 Å². The molecule has 0 saturated heterocycles. The van der Waals surface area contributed by atoms with Crippen molar-refractivity contribution in [2.45, 2.75) is 76.2 Å². The van der Waals surface area contributed by atoms with Gasteiger partial charge in [-0.25, -0.2) is 9.18 Å². The first-order chi connectivity index (χ1) is 12.9. The number of allylic oxidation sites excluding steroid dienone is 1. The van der Waals surface area contributed by atoms with Gasteiger partial charge < -0.3 is 15.3 Å². The van der Waals surface area contributed by atoms with Crippen LogP contribution in [0.5, 0.6) is 0 Å². The Balaban J connectivity index is 1.80. The molecule has 7 heteroatoms. The van der Waals surface area contributed by atoms with Gasteiger partial charge in [-0.15, -0.1) is 0 Å². The Bertz CT molecular complexity index is 807. The lowest BCUT2D eigenvalue weighted by Gasteiger charge is -2.63. The molecule has 0 spiro atoms. The summed E-state index contributed by atoms with van der Waals surface area (Å²) in [5.74, 6) is -4.02. The first-order valence-electron chi connectivity index (χ1n) is 10.0. The van der Waals surface area contributed by atoms with E-state index in [2.05, 4.69) is 0 Å². The van der Waals surface area contributed by atoms with Gasteiger partial charge in [-0.2, -0.15) is 0 Å². The summed E-state index contributed by atoms with van der Waals surface area (Å²) in [6.45, 7) is 3.39. The molecule has 0 bridgehead atoms. The number of Topliss-reactive ketones (excluding diaryl/α,β-unsaturated/α-hetero) is 1. The van der Waals surface area contributed by atoms with E-state index < -0.39 is 51.8 Å². The molecule has 0 aromatic carbocycles. The number of alkyl halides is 1. The van der Waals surface area contributed by atoms with E-state index in [4.69, 9.17) is 0 Å². The van der Waals surface area contributed by atoms with Crippen LogP contribution in [0.2, 0.25) is 0 Å². The Morgan fingerprint density at radius 3 is 2.46 bits per heavy atom. The second kappa shape index (κ2) is 5.72. The Morgan fingerprint density at radius 2 is 1.82 bits per heavy atom. The van der Waals surface area contributed by atoms with Crippen molar-refractivity contribution in [3.8, 4) is 0 Å². The molecule has 154 valence electrons. The minimum Gasteiger partial charge on any atom is -0.475 e. The molecule has 0 aliphatic heterocycles. The molecular weight excluding hydrogens is 367 g/mol. The van der Waals surface area contributed by atoms with Crippen LogP contribution in [0.25, 0.3) is 0 Å². The number of rotatable bonds is 2. The molecule has 3 saturated carbocycles. The molecule has 0 amide bonds. The highest BCUT2D eigenvalue weighted by Gasteiger charge is 2.74. The second-order valence-electron chi connectivity index (χ2n) is 9.66. The van der Waals surface area contributed by atoms with E-state index >= 15 is 4.39 Å². The van der Waals surface area contributed by atoms with Crippen LogP contribution in [-0.4, -0.2) is 50.2 Å². The zero-order valence-corrected chi connectivity index (χ0v) is 16.2. The van der Waals surface area contributed by atoms with E-state index in [9.17, 15) is 29.7 Å². The molecule has 28 heavy (non-hydrogen) atoms. The largest absolute Gasteiger partial charge is 0.475 e. The third-order valence-corrected chi connectivity index (χ3v) is 8.76. The van der Waals surface area contributed by atoms with Gasteiger partial charge in [0.1, 0.15) is 11.3 Å². The van der Waals surface area contributed by atoms with Crippen LogP contribution in [0.15, 0.2) is 11.6 Å². The average molecular weight is 394 g/mol. The number of hydrogen-bond donors (Lipinski definition) is 3. The maximum absolute atomic E-state index is 16.8. The van der Waals surface area contributed by atoms with E-state index in [0.29, 0.717) is 25.7 Å². The van der Waals surface area contributed by atoms with Crippen LogP contribution in [-0.2, 0) is 14.4 Å². The molecule has 0 aromatic heterocycles. The number of carbonyl (C=O) groups excluding carboxylic acids is 2. The fourth-order valence-corrected chi connectivity index (χ4v) is 7.12. The molecule has 7 atom stereocenters. The number of carboxylic acid groups (broad SMARTS) is 1. The Hall–Kier alpha value is -1.60. The minimum atomic E-state index is -2.11. The number of aliphatic hydroxyl groups excluding tert-OH is 1. The molecule has 0 unspecified atom stereocenters. The fraction of sp³-hybridized carbons (Fsp3) is 0.762. The predicted molar refractivity (Wildman–Crippen MR) is 96.0 cm³/mol. The molecule has 0 radical (unpaired) electrons. The van der Waals surface area contributed by atoms with Crippen molar-refractivity contribution in [2.24, 2.45) is 22.7 Å². The molecule has 4 aliphatic carbocycles. The number of fused-ring (bicyclic) bond motifs is 5. The second-order valence-corrected chi connectivity index (χ2v) is 9.66. The standard InChI is InChI=1S/C21H27FO6/c1-18-7-5-12(23)9-11(18)3-4-14-13-6-8-20(28,16(25)17(26)27)19(13,2)10-15(24)21(14,18)22/h9,13-15,24,28H,3-8,10H2,1-2H3,(H,26,27)/t13-,14-,15-,18-,19-,20-,21-/m0/s1. The molecule has 4 rings (SSSR count). The molecular formula is C21H27FO6. The first-order valence-corrected chi connectivity index (χ1v) is 10.0. The Kier molecular flexibility index (Phi) is 4.03. The lowest BCUT2D eigenvalue weighted by Crippen LogP contribution is -2.69. The van der Waals surface area contributed by atoms with Crippen LogP contribution in [0.1, 0.15) is 58.8 Å². The smallest absolute Gasteiger partial charge is 0.375 e. The Labute approximate surface area is 162 Å². The zero-order chi connectivity index (χ0) is 20.7. The number of aliphatic hydroxyl groups is 2. The molecule has 3 fully saturated rings. The zero-order valence-electron chi connectivity index (χ0n) is 16.2. The summed E-state index contributed by atoms with van der Waals surface area (Å²) in [4.78, 5) is 35.5.